The van der Waals surface area contributed by atoms with Gasteiger partial charge in [-0.25, -0.2) is 0 Å². The van der Waals surface area contributed by atoms with Gasteiger partial charge in [-0.15, -0.1) is 0 Å². The van der Waals surface area contributed by atoms with Crippen molar-refractivity contribution in [3.05, 3.63) is 29.3 Å². The minimum atomic E-state index is -0.260. The number of piperazine rings is 1. The number of ether oxygens (including phenoxy) is 1. The molecule has 7 heteroatoms. The van der Waals surface area contributed by atoms with Crippen molar-refractivity contribution in [2.24, 2.45) is 0 Å². The second-order valence-electron chi connectivity index (χ2n) is 5.37. The second-order valence-corrected chi connectivity index (χ2v) is 5.80. The number of halogens is 1. The Morgan fingerprint density at radius 3 is 2.65 bits per heavy atom. The Balaban J connectivity index is 1.77. The number of methoxy groups -OCH3 is 1. The van der Waals surface area contributed by atoms with Crippen LogP contribution >= 0.6 is 11.6 Å². The lowest BCUT2D eigenvalue weighted by Gasteiger charge is -2.36. The van der Waals surface area contributed by atoms with Gasteiger partial charge in [-0.05, 0) is 18.2 Å². The van der Waals surface area contributed by atoms with Crippen molar-refractivity contribution < 1.29 is 14.3 Å². The van der Waals surface area contributed by atoms with E-state index in [2.05, 4.69) is 10.2 Å². The standard InChI is InChI=1S/C16H22ClN3O3/c1-23-10-5-18-15(21)12-16(22)20-8-6-19(7-9-20)14-4-2-3-13(17)11-14/h2-4,11H,5-10,12H2,1H3,(H,18,21). The topological polar surface area (TPSA) is 61.9 Å². The molecular weight excluding hydrogens is 318 g/mol. The van der Waals surface area contributed by atoms with E-state index >= 15 is 0 Å². The number of nitrogens with zero attached hydrogens (tertiary/aromatic N) is 2. The second kappa shape index (κ2) is 8.74. The van der Waals surface area contributed by atoms with Crippen LogP contribution in [0.1, 0.15) is 6.42 Å². The first kappa shape index (κ1) is 17.6. The first-order valence-electron chi connectivity index (χ1n) is 7.64. The van der Waals surface area contributed by atoms with E-state index in [0.717, 1.165) is 18.8 Å². The van der Waals surface area contributed by atoms with Crippen LogP contribution in [0.2, 0.25) is 5.02 Å². The van der Waals surface area contributed by atoms with E-state index < -0.39 is 0 Å². The summed E-state index contributed by atoms with van der Waals surface area (Å²) in [6.07, 6.45) is -0.110. The fourth-order valence-corrected chi connectivity index (χ4v) is 2.68. The summed E-state index contributed by atoms with van der Waals surface area (Å²) in [5.41, 5.74) is 1.06. The molecule has 1 aromatic carbocycles. The normalized spacial score (nSPS) is 14.7. The minimum absolute atomic E-state index is 0.110. The molecule has 0 aliphatic carbocycles. The lowest BCUT2D eigenvalue weighted by molar-refractivity contribution is -0.136. The van der Waals surface area contributed by atoms with E-state index in [0.29, 0.717) is 31.3 Å². The number of nitrogens with one attached hydrogen (secondary N) is 1. The Bertz CT molecular complexity index is 545. The van der Waals surface area contributed by atoms with Gasteiger partial charge >= 0.3 is 0 Å². The zero-order valence-corrected chi connectivity index (χ0v) is 14.0. The van der Waals surface area contributed by atoms with Crippen LogP contribution in [0, 0.1) is 0 Å². The summed E-state index contributed by atoms with van der Waals surface area (Å²) in [6.45, 7) is 3.55. The van der Waals surface area contributed by atoms with Crippen LogP contribution in [0.25, 0.3) is 0 Å². The molecule has 1 heterocycles. The molecule has 2 rings (SSSR count). The van der Waals surface area contributed by atoms with Crippen molar-refractivity contribution in [1.29, 1.82) is 0 Å². The van der Waals surface area contributed by atoms with Gasteiger partial charge in [0.2, 0.25) is 11.8 Å². The Labute approximate surface area is 141 Å². The number of anilines is 1. The van der Waals surface area contributed by atoms with Crippen molar-refractivity contribution in [3.8, 4) is 0 Å². The molecule has 0 radical (unpaired) electrons. The molecule has 1 aliphatic rings. The van der Waals surface area contributed by atoms with E-state index in [1.807, 2.05) is 24.3 Å². The number of amides is 2. The van der Waals surface area contributed by atoms with Gasteiger partial charge in [-0.2, -0.15) is 0 Å². The van der Waals surface area contributed by atoms with Crippen molar-refractivity contribution in [3.63, 3.8) is 0 Å². The smallest absolute Gasteiger partial charge is 0.232 e. The molecule has 126 valence electrons. The van der Waals surface area contributed by atoms with Gasteiger partial charge in [0.1, 0.15) is 6.42 Å². The van der Waals surface area contributed by atoms with E-state index in [4.69, 9.17) is 16.3 Å². The molecule has 1 saturated heterocycles. The third-order valence-electron chi connectivity index (χ3n) is 3.75. The first-order valence-corrected chi connectivity index (χ1v) is 8.02. The van der Waals surface area contributed by atoms with Crippen LogP contribution in [-0.4, -0.2) is 63.2 Å². The van der Waals surface area contributed by atoms with Crippen LogP contribution < -0.4 is 10.2 Å². The maximum absolute atomic E-state index is 12.1. The van der Waals surface area contributed by atoms with E-state index in [1.54, 1.807) is 12.0 Å². The highest BCUT2D eigenvalue weighted by molar-refractivity contribution is 6.30. The summed E-state index contributed by atoms with van der Waals surface area (Å²) in [6, 6.07) is 7.68. The molecule has 0 saturated carbocycles. The van der Waals surface area contributed by atoms with Crippen molar-refractivity contribution in [1.82, 2.24) is 10.2 Å². The quantitative estimate of drug-likeness (QED) is 0.623. The summed E-state index contributed by atoms with van der Waals surface area (Å²) in [7, 11) is 1.57. The lowest BCUT2D eigenvalue weighted by atomic mass is 10.2. The molecule has 1 aliphatic heterocycles. The third kappa shape index (κ3) is 5.41. The van der Waals surface area contributed by atoms with Crippen molar-refractivity contribution >= 4 is 29.1 Å². The molecule has 23 heavy (non-hydrogen) atoms. The number of hydrogen-bond donors (Lipinski definition) is 1. The molecule has 0 unspecified atom stereocenters. The number of hydrogen-bond acceptors (Lipinski definition) is 4. The van der Waals surface area contributed by atoms with Crippen molar-refractivity contribution in [2.45, 2.75) is 6.42 Å². The van der Waals surface area contributed by atoms with Gasteiger partial charge in [0, 0.05) is 50.5 Å². The fourth-order valence-electron chi connectivity index (χ4n) is 2.49. The van der Waals surface area contributed by atoms with Gasteiger partial charge in [-0.3, -0.25) is 9.59 Å². The monoisotopic (exact) mass is 339 g/mol. The Kier molecular flexibility index (Phi) is 6.67. The molecule has 6 nitrogen and oxygen atoms in total. The van der Waals surface area contributed by atoms with Gasteiger partial charge in [0.25, 0.3) is 0 Å². The average molecular weight is 340 g/mol. The van der Waals surface area contributed by atoms with Crippen LogP contribution in [0.4, 0.5) is 5.69 Å². The molecule has 0 atom stereocenters. The number of benzene rings is 1. The number of carbonyl (C=O) groups excluding carboxylic acids is 2. The highest BCUT2D eigenvalue weighted by Crippen LogP contribution is 2.20. The lowest BCUT2D eigenvalue weighted by Crippen LogP contribution is -2.49. The van der Waals surface area contributed by atoms with Crippen LogP contribution in [0.5, 0.6) is 0 Å². The molecule has 2 amide bonds. The highest BCUT2D eigenvalue weighted by Gasteiger charge is 2.22. The maximum Gasteiger partial charge on any atom is 0.232 e. The number of carbonyl (C=O) groups is 2. The summed E-state index contributed by atoms with van der Waals surface area (Å²) in [4.78, 5) is 27.7. The van der Waals surface area contributed by atoms with Crippen LogP contribution in [-0.2, 0) is 14.3 Å². The Morgan fingerprint density at radius 1 is 1.26 bits per heavy atom. The van der Waals surface area contributed by atoms with Gasteiger partial charge in [-0.1, -0.05) is 17.7 Å². The zero-order valence-electron chi connectivity index (χ0n) is 13.3. The molecule has 1 N–H and O–H groups in total. The molecule has 0 spiro atoms. The molecule has 0 aromatic heterocycles. The van der Waals surface area contributed by atoms with Crippen LogP contribution in [0.3, 0.4) is 0 Å². The summed E-state index contributed by atoms with van der Waals surface area (Å²) >= 11 is 6.01. The van der Waals surface area contributed by atoms with Gasteiger partial charge in [0.05, 0.1) is 6.61 Å². The Morgan fingerprint density at radius 2 is 2.00 bits per heavy atom. The fraction of sp³-hybridized carbons (Fsp3) is 0.500. The van der Waals surface area contributed by atoms with Crippen molar-refractivity contribution in [2.75, 3.05) is 51.3 Å². The maximum atomic E-state index is 12.1. The van der Waals surface area contributed by atoms with Gasteiger partial charge in [0.15, 0.2) is 0 Å². The third-order valence-corrected chi connectivity index (χ3v) is 3.98. The summed E-state index contributed by atoms with van der Waals surface area (Å²) in [5.74, 6) is -0.394. The summed E-state index contributed by atoms with van der Waals surface area (Å²) in [5, 5.41) is 3.36. The average Bonchev–Trinajstić information content (AvgIpc) is 2.55. The van der Waals surface area contributed by atoms with Gasteiger partial charge < -0.3 is 19.9 Å². The van der Waals surface area contributed by atoms with E-state index in [9.17, 15) is 9.59 Å². The predicted molar refractivity (Wildman–Crippen MR) is 89.7 cm³/mol. The largest absolute Gasteiger partial charge is 0.383 e. The molecule has 1 aromatic rings. The molecule has 1 fully saturated rings. The predicted octanol–water partition coefficient (Wildman–Crippen LogP) is 1.14. The molecular formula is C16H22ClN3O3. The highest BCUT2D eigenvalue weighted by atomic mass is 35.5. The van der Waals surface area contributed by atoms with E-state index in [1.165, 1.54) is 0 Å². The Hall–Kier alpha value is -1.79. The SMILES string of the molecule is COCCNC(=O)CC(=O)N1CCN(c2cccc(Cl)c2)CC1. The molecule has 0 bridgehead atoms. The van der Waals surface area contributed by atoms with Crippen LogP contribution in [0.15, 0.2) is 24.3 Å². The van der Waals surface area contributed by atoms with E-state index in [-0.39, 0.29) is 18.2 Å². The minimum Gasteiger partial charge on any atom is -0.383 e. The summed E-state index contributed by atoms with van der Waals surface area (Å²) < 4.78 is 4.85. The number of rotatable bonds is 6. The first-order chi connectivity index (χ1) is 11.1. The zero-order chi connectivity index (χ0) is 16.7.